The number of rotatable bonds is 4. The molecule has 0 aliphatic carbocycles. The summed E-state index contributed by atoms with van der Waals surface area (Å²) in [5.74, 6) is 0. The van der Waals surface area contributed by atoms with Crippen LogP contribution in [0.1, 0.15) is 11.3 Å². The van der Waals surface area contributed by atoms with Crippen LogP contribution in [0.15, 0.2) is 34.9 Å². The summed E-state index contributed by atoms with van der Waals surface area (Å²) in [6.07, 6.45) is 3.49. The van der Waals surface area contributed by atoms with Crippen molar-refractivity contribution in [1.82, 2.24) is 4.98 Å². The number of nitrogens with one attached hydrogen (secondary N) is 1. The quantitative estimate of drug-likeness (QED) is 0.886. The van der Waals surface area contributed by atoms with Gasteiger partial charge in [0, 0.05) is 12.1 Å². The minimum atomic E-state index is 0.561. The van der Waals surface area contributed by atoms with Gasteiger partial charge in [-0.2, -0.15) is 4.98 Å². The molecule has 1 N–H and O–H groups in total. The second-order valence-electron chi connectivity index (χ2n) is 3.52. The molecule has 2 aromatic rings. The molecule has 0 radical (unpaired) electrons. The smallest absolute Gasteiger partial charge is 0.294 e. The van der Waals surface area contributed by atoms with Gasteiger partial charge in [-0.1, -0.05) is 23.7 Å². The van der Waals surface area contributed by atoms with Gasteiger partial charge >= 0.3 is 0 Å². The Morgan fingerprint density at radius 2 is 2.00 bits per heavy atom. The molecule has 1 heterocycles. The molecule has 0 aliphatic heterocycles. The van der Waals surface area contributed by atoms with Gasteiger partial charge in [0.2, 0.25) is 0 Å². The zero-order valence-corrected chi connectivity index (χ0v) is 9.79. The molecule has 84 valence electrons. The first-order valence-electron chi connectivity index (χ1n) is 5.14. The third kappa shape index (κ3) is 2.76. The van der Waals surface area contributed by atoms with Gasteiger partial charge in [-0.05, 0) is 30.5 Å². The molecule has 0 aliphatic rings. The van der Waals surface area contributed by atoms with Crippen LogP contribution >= 0.6 is 11.6 Å². The Morgan fingerprint density at radius 1 is 1.25 bits per heavy atom. The predicted octanol–water partition coefficient (Wildman–Crippen LogP) is 3.15. The molecule has 1 aromatic heterocycles. The van der Waals surface area contributed by atoms with E-state index in [1.165, 1.54) is 5.56 Å². The number of anilines is 1. The van der Waals surface area contributed by atoms with E-state index in [4.69, 9.17) is 16.0 Å². The van der Waals surface area contributed by atoms with Gasteiger partial charge in [-0.25, -0.2) is 0 Å². The van der Waals surface area contributed by atoms with E-state index >= 15 is 0 Å². The molecular weight excluding hydrogens is 224 g/mol. The molecule has 0 spiro atoms. The molecule has 4 heteroatoms. The molecule has 0 atom stereocenters. The maximum Gasteiger partial charge on any atom is 0.294 e. The van der Waals surface area contributed by atoms with E-state index in [9.17, 15) is 0 Å². The summed E-state index contributed by atoms with van der Waals surface area (Å²) in [6.45, 7) is 0. The van der Waals surface area contributed by atoms with Crippen molar-refractivity contribution in [2.75, 3.05) is 12.4 Å². The number of oxazole rings is 1. The van der Waals surface area contributed by atoms with Crippen LogP contribution in [0.5, 0.6) is 0 Å². The van der Waals surface area contributed by atoms with E-state index in [-0.39, 0.29) is 0 Å². The zero-order valence-electron chi connectivity index (χ0n) is 9.03. The van der Waals surface area contributed by atoms with Crippen molar-refractivity contribution < 1.29 is 4.42 Å². The van der Waals surface area contributed by atoms with Crippen LogP contribution in [0.25, 0.3) is 0 Å². The fourth-order valence-corrected chi connectivity index (χ4v) is 1.59. The Balaban J connectivity index is 1.94. The maximum absolute atomic E-state index is 5.82. The summed E-state index contributed by atoms with van der Waals surface area (Å²) in [4.78, 5) is 4.26. The third-order valence-electron chi connectivity index (χ3n) is 2.35. The SMILES string of the molecule is CNc1nc(CCc2ccc(Cl)cc2)co1. The second-order valence-corrected chi connectivity index (χ2v) is 3.96. The molecule has 16 heavy (non-hydrogen) atoms. The lowest BCUT2D eigenvalue weighted by Gasteiger charge is -1.98. The summed E-state index contributed by atoms with van der Waals surface area (Å²) in [5, 5.41) is 3.62. The van der Waals surface area contributed by atoms with Crippen molar-refractivity contribution in [3.8, 4) is 0 Å². The Labute approximate surface area is 99.5 Å². The van der Waals surface area contributed by atoms with Crippen molar-refractivity contribution in [2.45, 2.75) is 12.8 Å². The molecule has 0 unspecified atom stereocenters. The number of aryl methyl sites for hydroxylation is 2. The van der Waals surface area contributed by atoms with Gasteiger partial charge in [0.05, 0.1) is 5.69 Å². The molecule has 0 amide bonds. The lowest BCUT2D eigenvalue weighted by atomic mass is 10.1. The topological polar surface area (TPSA) is 38.1 Å². The molecule has 0 fully saturated rings. The standard InChI is InChI=1S/C12H13ClN2O/c1-14-12-15-11(8-16-12)7-4-9-2-5-10(13)6-3-9/h2-3,5-6,8H,4,7H2,1H3,(H,14,15). The summed E-state index contributed by atoms with van der Waals surface area (Å²) in [5.41, 5.74) is 2.21. The monoisotopic (exact) mass is 236 g/mol. The third-order valence-corrected chi connectivity index (χ3v) is 2.60. The highest BCUT2D eigenvalue weighted by atomic mass is 35.5. The Hall–Kier alpha value is -1.48. The molecular formula is C12H13ClN2O. The average Bonchev–Trinajstić information content (AvgIpc) is 2.76. The largest absolute Gasteiger partial charge is 0.432 e. The highest BCUT2D eigenvalue weighted by molar-refractivity contribution is 6.30. The molecule has 2 rings (SSSR count). The normalized spacial score (nSPS) is 10.4. The number of halogens is 1. The van der Waals surface area contributed by atoms with Gasteiger partial charge in [0.15, 0.2) is 0 Å². The van der Waals surface area contributed by atoms with E-state index in [2.05, 4.69) is 10.3 Å². The number of aromatic nitrogens is 1. The van der Waals surface area contributed by atoms with Crippen LogP contribution in [-0.4, -0.2) is 12.0 Å². The Kier molecular flexibility index (Phi) is 3.47. The highest BCUT2D eigenvalue weighted by Gasteiger charge is 2.02. The molecule has 0 saturated heterocycles. The lowest BCUT2D eigenvalue weighted by Crippen LogP contribution is -1.92. The number of benzene rings is 1. The van der Waals surface area contributed by atoms with Crippen LogP contribution in [0.3, 0.4) is 0 Å². The van der Waals surface area contributed by atoms with Crippen molar-refractivity contribution in [3.05, 3.63) is 46.8 Å². The zero-order chi connectivity index (χ0) is 11.4. The minimum Gasteiger partial charge on any atom is -0.432 e. The molecule has 0 saturated carbocycles. The van der Waals surface area contributed by atoms with Crippen LogP contribution in [0, 0.1) is 0 Å². The molecule has 3 nitrogen and oxygen atoms in total. The van der Waals surface area contributed by atoms with Crippen LogP contribution in [0.4, 0.5) is 6.01 Å². The average molecular weight is 237 g/mol. The first kappa shape index (κ1) is 11.0. The summed E-state index contributed by atoms with van der Waals surface area (Å²) in [6, 6.07) is 8.42. The van der Waals surface area contributed by atoms with E-state index in [1.54, 1.807) is 13.3 Å². The van der Waals surface area contributed by atoms with Crippen molar-refractivity contribution >= 4 is 17.6 Å². The first-order chi connectivity index (χ1) is 7.78. The molecule has 1 aromatic carbocycles. The molecule has 0 bridgehead atoms. The van der Waals surface area contributed by atoms with E-state index < -0.39 is 0 Å². The Morgan fingerprint density at radius 3 is 2.62 bits per heavy atom. The fraction of sp³-hybridized carbons (Fsp3) is 0.250. The summed E-state index contributed by atoms with van der Waals surface area (Å²) < 4.78 is 5.18. The van der Waals surface area contributed by atoms with Crippen LogP contribution in [0.2, 0.25) is 5.02 Å². The fourth-order valence-electron chi connectivity index (χ4n) is 1.46. The lowest BCUT2D eigenvalue weighted by molar-refractivity contribution is 0.573. The van der Waals surface area contributed by atoms with E-state index in [0.29, 0.717) is 6.01 Å². The second kappa shape index (κ2) is 5.03. The van der Waals surface area contributed by atoms with E-state index in [0.717, 1.165) is 23.6 Å². The number of nitrogens with zero attached hydrogens (tertiary/aromatic N) is 1. The maximum atomic E-state index is 5.82. The summed E-state index contributed by atoms with van der Waals surface area (Å²) >= 11 is 5.82. The minimum absolute atomic E-state index is 0.561. The van der Waals surface area contributed by atoms with Gasteiger partial charge in [0.1, 0.15) is 6.26 Å². The predicted molar refractivity (Wildman–Crippen MR) is 64.9 cm³/mol. The van der Waals surface area contributed by atoms with Gasteiger partial charge < -0.3 is 9.73 Å². The van der Waals surface area contributed by atoms with Crippen molar-refractivity contribution in [1.29, 1.82) is 0 Å². The highest BCUT2D eigenvalue weighted by Crippen LogP contribution is 2.13. The van der Waals surface area contributed by atoms with Gasteiger partial charge in [0.25, 0.3) is 6.01 Å². The van der Waals surface area contributed by atoms with Crippen LogP contribution in [-0.2, 0) is 12.8 Å². The van der Waals surface area contributed by atoms with Crippen LogP contribution < -0.4 is 5.32 Å². The van der Waals surface area contributed by atoms with Gasteiger partial charge in [-0.15, -0.1) is 0 Å². The first-order valence-corrected chi connectivity index (χ1v) is 5.52. The van der Waals surface area contributed by atoms with E-state index in [1.807, 2.05) is 24.3 Å². The van der Waals surface area contributed by atoms with Gasteiger partial charge in [-0.3, -0.25) is 0 Å². The van der Waals surface area contributed by atoms with Crippen molar-refractivity contribution in [3.63, 3.8) is 0 Å². The number of hydrogen-bond donors (Lipinski definition) is 1. The Bertz CT molecular complexity index is 450. The number of hydrogen-bond acceptors (Lipinski definition) is 3. The van der Waals surface area contributed by atoms with Crippen molar-refractivity contribution in [2.24, 2.45) is 0 Å². The summed E-state index contributed by atoms with van der Waals surface area (Å²) in [7, 11) is 1.79.